The average Bonchev–Trinajstić information content (AvgIpc) is 3.05. The molecule has 0 saturated heterocycles. The first-order valence-electron chi connectivity index (χ1n) is 20.0. The molecule has 0 aliphatic carbocycles. The number of hydrogen-bond acceptors (Lipinski definition) is 7. The number of nitrogens with zero attached hydrogens (tertiary/aromatic N) is 2. The summed E-state index contributed by atoms with van der Waals surface area (Å²) in [5.41, 5.74) is 0. The Labute approximate surface area is 301 Å². The predicted molar refractivity (Wildman–Crippen MR) is 202 cm³/mol. The van der Waals surface area contributed by atoms with Crippen molar-refractivity contribution in [1.29, 1.82) is 0 Å². The van der Waals surface area contributed by atoms with Gasteiger partial charge in [-0.25, -0.2) is 0 Å². The Morgan fingerprint density at radius 2 is 1.08 bits per heavy atom. The molecule has 0 fully saturated rings. The second kappa shape index (κ2) is 35.7. The summed E-state index contributed by atoms with van der Waals surface area (Å²) in [7, 11) is 4.11. The third-order valence-electron chi connectivity index (χ3n) is 8.69. The first-order valence-corrected chi connectivity index (χ1v) is 20.0. The van der Waals surface area contributed by atoms with Gasteiger partial charge in [0.15, 0.2) is 0 Å². The molecule has 0 saturated carbocycles. The largest absolute Gasteiger partial charge is 0.481 e. The van der Waals surface area contributed by atoms with Crippen LogP contribution in [0, 0.1) is 5.92 Å². The molecular formula is C40H78N2O7. The highest BCUT2D eigenvalue weighted by Gasteiger charge is 2.23. The number of ether oxygens (including phenoxy) is 2. The van der Waals surface area contributed by atoms with Crippen molar-refractivity contribution < 1.29 is 33.8 Å². The number of aliphatic carboxylic acids is 1. The minimum Gasteiger partial charge on any atom is -0.481 e. The Kier molecular flexibility index (Phi) is 35.6. The number of hydrogen-bond donors (Lipinski definition) is 1. The Morgan fingerprint density at radius 1 is 0.592 bits per heavy atom. The molecular weight excluding hydrogens is 620 g/mol. The van der Waals surface area contributed by atoms with Gasteiger partial charge in [0.05, 0.1) is 13.2 Å². The fourth-order valence-corrected chi connectivity index (χ4v) is 5.91. The second-order valence-electron chi connectivity index (χ2n) is 13.9. The SMILES string of the molecule is CCC.CCCC(CC)COC(=O)CCCCCC(CCCCCCC(=O)O)N(CCCN(C)C)C(=O)CCCCCCCC(=O)OCC. The Balaban J connectivity index is 0. The molecule has 0 spiro atoms. The molecule has 290 valence electrons. The van der Waals surface area contributed by atoms with Crippen LogP contribution in [-0.4, -0.2) is 85.2 Å². The first kappa shape index (κ1) is 49.0. The van der Waals surface area contributed by atoms with E-state index < -0.39 is 5.97 Å². The normalized spacial score (nSPS) is 12.2. The maximum absolute atomic E-state index is 13.6. The van der Waals surface area contributed by atoms with Crippen LogP contribution in [0.15, 0.2) is 0 Å². The van der Waals surface area contributed by atoms with Crippen LogP contribution in [0.4, 0.5) is 0 Å². The molecule has 0 aliphatic heterocycles. The molecule has 1 amide bonds. The van der Waals surface area contributed by atoms with Crippen molar-refractivity contribution in [3.8, 4) is 0 Å². The number of carboxylic acid groups (broad SMARTS) is 1. The third-order valence-corrected chi connectivity index (χ3v) is 8.69. The number of carboxylic acids is 1. The molecule has 0 aromatic heterocycles. The summed E-state index contributed by atoms with van der Waals surface area (Å²) in [4.78, 5) is 52.6. The minimum absolute atomic E-state index is 0.103. The number of unbranched alkanes of at least 4 members (excludes halogenated alkanes) is 9. The molecule has 2 unspecified atom stereocenters. The summed E-state index contributed by atoms with van der Waals surface area (Å²) in [6.07, 6.45) is 19.7. The summed E-state index contributed by atoms with van der Waals surface area (Å²) >= 11 is 0. The number of rotatable bonds is 32. The van der Waals surface area contributed by atoms with Gasteiger partial charge in [-0.15, -0.1) is 0 Å². The van der Waals surface area contributed by atoms with Crippen LogP contribution in [0.2, 0.25) is 0 Å². The number of amides is 1. The summed E-state index contributed by atoms with van der Waals surface area (Å²) in [5, 5.41) is 8.95. The highest BCUT2D eigenvalue weighted by molar-refractivity contribution is 5.76. The fourth-order valence-electron chi connectivity index (χ4n) is 5.91. The number of esters is 2. The van der Waals surface area contributed by atoms with Gasteiger partial charge in [0.2, 0.25) is 5.91 Å². The Bertz CT molecular complexity index is 805. The van der Waals surface area contributed by atoms with Gasteiger partial charge in [-0.2, -0.15) is 0 Å². The van der Waals surface area contributed by atoms with Gasteiger partial charge in [0.25, 0.3) is 0 Å². The van der Waals surface area contributed by atoms with Crippen molar-refractivity contribution in [2.75, 3.05) is 40.4 Å². The van der Waals surface area contributed by atoms with E-state index in [0.29, 0.717) is 44.8 Å². The van der Waals surface area contributed by atoms with E-state index in [9.17, 15) is 19.2 Å². The summed E-state index contributed by atoms with van der Waals surface area (Å²) < 4.78 is 10.5. The predicted octanol–water partition coefficient (Wildman–Crippen LogP) is 9.59. The van der Waals surface area contributed by atoms with Gasteiger partial charge in [0, 0.05) is 38.3 Å². The lowest BCUT2D eigenvalue weighted by Crippen LogP contribution is -2.41. The lowest BCUT2D eigenvalue weighted by molar-refractivity contribution is -0.145. The van der Waals surface area contributed by atoms with Crippen LogP contribution in [0.3, 0.4) is 0 Å². The number of carbonyl (C=O) groups excluding carboxylic acids is 3. The zero-order valence-corrected chi connectivity index (χ0v) is 33.0. The summed E-state index contributed by atoms with van der Waals surface area (Å²) in [5.74, 6) is -0.307. The maximum atomic E-state index is 13.6. The van der Waals surface area contributed by atoms with E-state index >= 15 is 0 Å². The van der Waals surface area contributed by atoms with Crippen molar-refractivity contribution in [3.05, 3.63) is 0 Å². The molecule has 2 atom stereocenters. The van der Waals surface area contributed by atoms with Crippen molar-refractivity contribution >= 4 is 23.8 Å². The Hall–Kier alpha value is -2.16. The molecule has 9 nitrogen and oxygen atoms in total. The van der Waals surface area contributed by atoms with Crippen LogP contribution in [0.1, 0.15) is 182 Å². The maximum Gasteiger partial charge on any atom is 0.305 e. The van der Waals surface area contributed by atoms with Crippen molar-refractivity contribution in [3.63, 3.8) is 0 Å². The fraction of sp³-hybridized carbons (Fsp3) is 0.900. The van der Waals surface area contributed by atoms with Gasteiger partial charge in [-0.05, 0) is 84.8 Å². The van der Waals surface area contributed by atoms with Crippen LogP contribution in [0.25, 0.3) is 0 Å². The molecule has 49 heavy (non-hydrogen) atoms. The van der Waals surface area contributed by atoms with Gasteiger partial charge in [0.1, 0.15) is 0 Å². The first-order chi connectivity index (χ1) is 23.6. The van der Waals surface area contributed by atoms with Gasteiger partial charge in [-0.1, -0.05) is 98.3 Å². The van der Waals surface area contributed by atoms with Crippen molar-refractivity contribution in [1.82, 2.24) is 9.80 Å². The second-order valence-corrected chi connectivity index (χ2v) is 13.9. The standard InChI is InChI=1S/C37H70N2O7.C3H8/c1-6-22-32(7-2)31-46-37(44)28-20-14-16-24-33(23-15-12-13-18-26-35(41)42)39(30-21-29-38(4)5)34(40)25-17-10-9-11-19-27-36(43)45-8-3;1-3-2/h32-33H,6-31H2,1-5H3,(H,41,42);3H2,1-2H3. The summed E-state index contributed by atoms with van der Waals surface area (Å²) in [6, 6.07) is 0.157. The molecule has 0 aliphatic rings. The van der Waals surface area contributed by atoms with Crippen LogP contribution >= 0.6 is 0 Å². The van der Waals surface area contributed by atoms with Gasteiger partial charge < -0.3 is 24.4 Å². The topological polar surface area (TPSA) is 113 Å². The van der Waals surface area contributed by atoms with E-state index in [4.69, 9.17) is 14.6 Å². The molecule has 9 heteroatoms. The van der Waals surface area contributed by atoms with E-state index in [0.717, 1.165) is 122 Å². The number of carbonyl (C=O) groups is 4. The zero-order chi connectivity index (χ0) is 37.1. The average molecular weight is 699 g/mol. The molecule has 0 aromatic carbocycles. The zero-order valence-electron chi connectivity index (χ0n) is 33.0. The highest BCUT2D eigenvalue weighted by Crippen LogP contribution is 2.21. The van der Waals surface area contributed by atoms with Crippen LogP contribution in [-0.2, 0) is 28.7 Å². The molecule has 0 aromatic rings. The van der Waals surface area contributed by atoms with Gasteiger partial charge >= 0.3 is 17.9 Å². The van der Waals surface area contributed by atoms with Crippen LogP contribution in [0.5, 0.6) is 0 Å². The Morgan fingerprint density at radius 3 is 1.59 bits per heavy atom. The van der Waals surface area contributed by atoms with E-state index in [1.807, 2.05) is 6.92 Å². The van der Waals surface area contributed by atoms with Crippen LogP contribution < -0.4 is 0 Å². The molecule has 1 N–H and O–H groups in total. The lowest BCUT2D eigenvalue weighted by Gasteiger charge is -2.33. The van der Waals surface area contributed by atoms with Crippen molar-refractivity contribution in [2.24, 2.45) is 5.92 Å². The quantitative estimate of drug-likeness (QED) is 0.0546. The van der Waals surface area contributed by atoms with Gasteiger partial charge in [-0.3, -0.25) is 19.2 Å². The molecule has 0 rings (SSSR count). The third kappa shape index (κ3) is 32.8. The smallest absolute Gasteiger partial charge is 0.305 e. The van der Waals surface area contributed by atoms with E-state index in [-0.39, 0.29) is 30.3 Å². The monoisotopic (exact) mass is 699 g/mol. The molecule has 0 heterocycles. The van der Waals surface area contributed by atoms with E-state index in [2.05, 4.69) is 51.6 Å². The summed E-state index contributed by atoms with van der Waals surface area (Å²) in [6.45, 7) is 13.0. The highest BCUT2D eigenvalue weighted by atomic mass is 16.5. The lowest BCUT2D eigenvalue weighted by atomic mass is 9.98. The molecule has 0 bridgehead atoms. The minimum atomic E-state index is -0.746. The van der Waals surface area contributed by atoms with E-state index in [1.165, 1.54) is 6.42 Å². The molecule has 0 radical (unpaired) electrons. The van der Waals surface area contributed by atoms with E-state index in [1.54, 1.807) is 0 Å². The van der Waals surface area contributed by atoms with Crippen molar-refractivity contribution in [2.45, 2.75) is 188 Å².